The highest BCUT2D eigenvalue weighted by Crippen LogP contribution is 2.45. The summed E-state index contributed by atoms with van der Waals surface area (Å²) in [6.45, 7) is 4.92. The van der Waals surface area contributed by atoms with Gasteiger partial charge in [0.25, 0.3) is 0 Å². The Bertz CT molecular complexity index is 1790. The van der Waals surface area contributed by atoms with E-state index in [0.717, 1.165) is 103 Å². The number of aliphatic hydroxyl groups is 1. The van der Waals surface area contributed by atoms with Crippen LogP contribution in [0, 0.1) is 0 Å². The minimum absolute atomic E-state index is 0.105. The lowest BCUT2D eigenvalue weighted by Crippen LogP contribution is -2.30. The van der Waals surface area contributed by atoms with Gasteiger partial charge in [-0.2, -0.15) is 0 Å². The van der Waals surface area contributed by atoms with Crippen molar-refractivity contribution in [1.82, 2.24) is 0 Å². The Balaban J connectivity index is 5.13. The van der Waals surface area contributed by atoms with E-state index in [9.17, 15) is 43.2 Å². The molecule has 0 fully saturated rings. The minimum Gasteiger partial charge on any atom is -0.462 e. The quantitative estimate of drug-likeness (QED) is 0.0222. The maximum Gasteiger partial charge on any atom is 0.472 e. The van der Waals surface area contributed by atoms with Gasteiger partial charge in [0.2, 0.25) is 0 Å². The Morgan fingerprint density at radius 1 is 0.255 bits per heavy atom. The number of carbonyl (C=O) groups excluding carboxylic acids is 4. The van der Waals surface area contributed by atoms with E-state index < -0.39 is 97.5 Å². The van der Waals surface area contributed by atoms with Crippen molar-refractivity contribution >= 4 is 39.5 Å². The Labute approximate surface area is 575 Å². The van der Waals surface area contributed by atoms with E-state index in [1.54, 1.807) is 0 Å². The molecule has 0 saturated heterocycles. The second-order valence-electron chi connectivity index (χ2n) is 27.0. The third-order valence-electron chi connectivity index (χ3n) is 17.6. The molecule has 0 aliphatic carbocycles. The van der Waals surface area contributed by atoms with Crippen LogP contribution in [-0.2, 0) is 65.4 Å². The Morgan fingerprint density at radius 3 is 0.628 bits per heavy atom. The third-order valence-corrected chi connectivity index (χ3v) is 19.5. The molecule has 19 heteroatoms. The standard InChI is InChI=1S/C75H146O17P2/c1-5-9-13-17-21-25-27-29-31-33-34-35-36-38-40-42-44-46-50-54-58-62-75(80)92-71(66-86-73(78)60-56-52-49-45-43-41-39-37-32-30-28-26-22-18-14-10-6-2)68-90-94(83,84)88-64-69(76)63-87-93(81,82)89-67-70(91-74(79)61-57-53-48-24-20-16-12-8-4)65-85-72(77)59-55-51-47-23-19-15-11-7-3/h69-71,76H,5-68H2,1-4H3,(H,81,82)(H,83,84)/t69-,70+,71+/m0/s1. The van der Waals surface area contributed by atoms with Gasteiger partial charge in [-0.25, -0.2) is 9.13 Å². The number of hydrogen-bond acceptors (Lipinski definition) is 15. The van der Waals surface area contributed by atoms with E-state index in [-0.39, 0.29) is 25.7 Å². The molecule has 2 unspecified atom stereocenters. The highest BCUT2D eigenvalue weighted by atomic mass is 31.2. The smallest absolute Gasteiger partial charge is 0.462 e. The zero-order valence-electron chi connectivity index (χ0n) is 60.9. The molecule has 0 bridgehead atoms. The molecule has 94 heavy (non-hydrogen) atoms. The number of rotatable bonds is 76. The fourth-order valence-corrected chi connectivity index (χ4v) is 13.2. The molecule has 0 aromatic heterocycles. The summed E-state index contributed by atoms with van der Waals surface area (Å²) >= 11 is 0. The van der Waals surface area contributed by atoms with Gasteiger partial charge in [-0.1, -0.05) is 349 Å². The average molecular weight is 1380 g/mol. The van der Waals surface area contributed by atoms with Crippen molar-refractivity contribution in [3.63, 3.8) is 0 Å². The number of unbranched alkanes of at least 4 members (excludes halogenated alkanes) is 50. The van der Waals surface area contributed by atoms with E-state index in [1.807, 2.05) is 0 Å². The molecule has 5 atom stereocenters. The number of aliphatic hydroxyl groups excluding tert-OH is 1. The SMILES string of the molecule is CCCCCCCCCCCCCCCCCCCCCCCC(=O)O[C@H](COC(=O)CCCCCCCCCCCCCCCCCCC)COP(=O)(O)OC[C@@H](O)COP(=O)(O)OC[C@@H](COC(=O)CCCCCCCCCC)OC(=O)CCCCCCCCCC. The molecule has 558 valence electrons. The Hall–Kier alpha value is -1.94. The van der Waals surface area contributed by atoms with Crippen molar-refractivity contribution in [1.29, 1.82) is 0 Å². The molecule has 0 amide bonds. The summed E-state index contributed by atoms with van der Waals surface area (Å²) in [5, 5.41) is 10.6. The summed E-state index contributed by atoms with van der Waals surface area (Å²) in [7, 11) is -9.90. The Morgan fingerprint density at radius 2 is 0.426 bits per heavy atom. The van der Waals surface area contributed by atoms with E-state index in [4.69, 9.17) is 37.0 Å². The fraction of sp³-hybridized carbons (Fsp3) is 0.947. The van der Waals surface area contributed by atoms with Crippen LogP contribution in [0.1, 0.15) is 400 Å². The van der Waals surface area contributed by atoms with Crippen LogP contribution in [0.3, 0.4) is 0 Å². The average Bonchev–Trinajstić information content (AvgIpc) is 1.68. The van der Waals surface area contributed by atoms with Gasteiger partial charge in [0, 0.05) is 25.7 Å². The second-order valence-corrected chi connectivity index (χ2v) is 29.9. The van der Waals surface area contributed by atoms with Crippen LogP contribution in [-0.4, -0.2) is 96.7 Å². The zero-order valence-corrected chi connectivity index (χ0v) is 62.7. The van der Waals surface area contributed by atoms with Gasteiger partial charge in [0.05, 0.1) is 26.4 Å². The third kappa shape index (κ3) is 68.6. The first kappa shape index (κ1) is 92.1. The van der Waals surface area contributed by atoms with Crippen molar-refractivity contribution in [3.8, 4) is 0 Å². The summed E-state index contributed by atoms with van der Waals surface area (Å²) in [4.78, 5) is 72.5. The van der Waals surface area contributed by atoms with E-state index in [1.165, 1.54) is 218 Å². The molecule has 0 spiro atoms. The lowest BCUT2D eigenvalue weighted by atomic mass is 10.0. The molecular weight excluding hydrogens is 1230 g/mol. The maximum atomic E-state index is 13.1. The number of esters is 4. The van der Waals surface area contributed by atoms with Crippen LogP contribution in [0.15, 0.2) is 0 Å². The zero-order chi connectivity index (χ0) is 69.0. The van der Waals surface area contributed by atoms with Gasteiger partial charge >= 0.3 is 39.5 Å². The first-order chi connectivity index (χ1) is 45.7. The van der Waals surface area contributed by atoms with Crippen molar-refractivity contribution in [2.45, 2.75) is 418 Å². The van der Waals surface area contributed by atoms with Gasteiger partial charge in [0.1, 0.15) is 19.3 Å². The topological polar surface area (TPSA) is 237 Å². The van der Waals surface area contributed by atoms with Crippen LogP contribution >= 0.6 is 15.6 Å². The number of carbonyl (C=O) groups is 4. The van der Waals surface area contributed by atoms with Crippen LogP contribution in [0.25, 0.3) is 0 Å². The summed E-state index contributed by atoms with van der Waals surface area (Å²) < 4.78 is 68.3. The molecule has 0 aliphatic heterocycles. The lowest BCUT2D eigenvalue weighted by molar-refractivity contribution is -0.161. The number of ether oxygens (including phenoxy) is 4. The molecular formula is C75H146O17P2. The van der Waals surface area contributed by atoms with Crippen molar-refractivity contribution < 1.29 is 80.2 Å². The normalized spacial score (nSPS) is 13.9. The highest BCUT2D eigenvalue weighted by molar-refractivity contribution is 7.47. The van der Waals surface area contributed by atoms with Crippen molar-refractivity contribution in [2.75, 3.05) is 39.6 Å². The maximum absolute atomic E-state index is 13.1. The predicted octanol–water partition coefficient (Wildman–Crippen LogP) is 22.2. The molecule has 0 aromatic carbocycles. The molecule has 0 radical (unpaired) electrons. The number of phosphoric ester groups is 2. The molecule has 0 aromatic rings. The van der Waals surface area contributed by atoms with Gasteiger partial charge in [-0.15, -0.1) is 0 Å². The van der Waals surface area contributed by atoms with Crippen molar-refractivity contribution in [3.05, 3.63) is 0 Å². The molecule has 0 rings (SSSR count). The fourth-order valence-electron chi connectivity index (χ4n) is 11.6. The summed E-state index contributed by atoms with van der Waals surface area (Å²) in [6.07, 6.45) is 60.0. The van der Waals surface area contributed by atoms with Crippen LogP contribution < -0.4 is 0 Å². The van der Waals surface area contributed by atoms with E-state index >= 15 is 0 Å². The molecule has 0 saturated carbocycles. The lowest BCUT2D eigenvalue weighted by Gasteiger charge is -2.21. The summed E-state index contributed by atoms with van der Waals surface area (Å²) in [5.74, 6) is -2.12. The largest absolute Gasteiger partial charge is 0.472 e. The summed E-state index contributed by atoms with van der Waals surface area (Å²) in [5.41, 5.74) is 0. The molecule has 0 heterocycles. The van der Waals surface area contributed by atoms with Crippen molar-refractivity contribution in [2.24, 2.45) is 0 Å². The van der Waals surface area contributed by atoms with E-state index in [0.29, 0.717) is 25.7 Å². The van der Waals surface area contributed by atoms with Gasteiger partial charge in [-0.05, 0) is 25.7 Å². The highest BCUT2D eigenvalue weighted by Gasteiger charge is 2.30. The first-order valence-corrected chi connectivity index (χ1v) is 42.3. The van der Waals surface area contributed by atoms with Crippen LogP contribution in [0.2, 0.25) is 0 Å². The van der Waals surface area contributed by atoms with Crippen LogP contribution in [0.4, 0.5) is 0 Å². The van der Waals surface area contributed by atoms with Crippen LogP contribution in [0.5, 0.6) is 0 Å². The monoisotopic (exact) mass is 1380 g/mol. The first-order valence-electron chi connectivity index (χ1n) is 39.3. The number of phosphoric acid groups is 2. The van der Waals surface area contributed by atoms with Gasteiger partial charge < -0.3 is 33.8 Å². The Kier molecular flexibility index (Phi) is 68.1. The minimum atomic E-state index is -4.95. The molecule has 17 nitrogen and oxygen atoms in total. The predicted molar refractivity (Wildman–Crippen MR) is 382 cm³/mol. The van der Waals surface area contributed by atoms with Gasteiger partial charge in [0.15, 0.2) is 12.2 Å². The van der Waals surface area contributed by atoms with Gasteiger partial charge in [-0.3, -0.25) is 37.3 Å². The van der Waals surface area contributed by atoms with E-state index in [2.05, 4.69) is 27.7 Å². The molecule has 0 aliphatic rings. The summed E-state index contributed by atoms with van der Waals surface area (Å²) in [6, 6.07) is 0. The second kappa shape index (κ2) is 69.5. The molecule has 3 N–H and O–H groups in total. The number of hydrogen-bond donors (Lipinski definition) is 3.